The van der Waals surface area contributed by atoms with E-state index < -0.39 is 0 Å². The highest BCUT2D eigenvalue weighted by molar-refractivity contribution is 4.66. The van der Waals surface area contributed by atoms with Crippen molar-refractivity contribution in [2.45, 2.75) is 39.4 Å². The minimum absolute atomic E-state index is 0.300. The standard InChI is InChI=1S/C11H26N2O2/c1-4-10(14)7-12-8-11(15)9-13(5-2)6-3/h10-12,14-15H,4-9H2,1-3H3. The highest BCUT2D eigenvalue weighted by atomic mass is 16.3. The van der Waals surface area contributed by atoms with Gasteiger partial charge < -0.3 is 20.4 Å². The van der Waals surface area contributed by atoms with Crippen molar-refractivity contribution in [3.8, 4) is 0 Å². The van der Waals surface area contributed by atoms with Crippen LogP contribution in [0.4, 0.5) is 0 Å². The zero-order valence-electron chi connectivity index (χ0n) is 10.2. The number of nitrogens with zero attached hydrogens (tertiary/aromatic N) is 1. The second kappa shape index (κ2) is 9.09. The van der Waals surface area contributed by atoms with E-state index in [0.717, 1.165) is 19.5 Å². The van der Waals surface area contributed by atoms with Crippen molar-refractivity contribution in [2.75, 3.05) is 32.7 Å². The molecule has 0 aromatic heterocycles. The molecule has 2 unspecified atom stereocenters. The van der Waals surface area contributed by atoms with Gasteiger partial charge in [-0.3, -0.25) is 0 Å². The van der Waals surface area contributed by atoms with Crippen LogP contribution in [0.3, 0.4) is 0 Å². The highest BCUT2D eigenvalue weighted by Crippen LogP contribution is 1.92. The smallest absolute Gasteiger partial charge is 0.0791 e. The van der Waals surface area contributed by atoms with Crippen LogP contribution in [-0.2, 0) is 0 Å². The molecule has 0 rings (SSSR count). The number of hydrogen-bond acceptors (Lipinski definition) is 4. The molecule has 4 nitrogen and oxygen atoms in total. The molecule has 0 saturated heterocycles. The Bertz CT molecular complexity index is 141. The lowest BCUT2D eigenvalue weighted by molar-refractivity contribution is 0.108. The lowest BCUT2D eigenvalue weighted by Gasteiger charge is -2.22. The minimum atomic E-state index is -0.353. The van der Waals surface area contributed by atoms with Crippen LogP contribution in [0.2, 0.25) is 0 Å². The van der Waals surface area contributed by atoms with Crippen molar-refractivity contribution >= 4 is 0 Å². The lowest BCUT2D eigenvalue weighted by Crippen LogP contribution is -2.40. The second-order valence-corrected chi connectivity index (χ2v) is 3.86. The van der Waals surface area contributed by atoms with Crippen molar-refractivity contribution in [3.05, 3.63) is 0 Å². The predicted molar refractivity (Wildman–Crippen MR) is 63.0 cm³/mol. The van der Waals surface area contributed by atoms with Gasteiger partial charge in [-0.25, -0.2) is 0 Å². The van der Waals surface area contributed by atoms with Gasteiger partial charge >= 0.3 is 0 Å². The van der Waals surface area contributed by atoms with Crippen LogP contribution in [0.5, 0.6) is 0 Å². The largest absolute Gasteiger partial charge is 0.392 e. The summed E-state index contributed by atoms with van der Waals surface area (Å²) in [5.41, 5.74) is 0. The molecule has 92 valence electrons. The Morgan fingerprint density at radius 2 is 1.53 bits per heavy atom. The summed E-state index contributed by atoms with van der Waals surface area (Å²) in [4.78, 5) is 2.18. The third kappa shape index (κ3) is 7.73. The molecule has 0 aliphatic rings. The summed E-state index contributed by atoms with van der Waals surface area (Å²) in [5.74, 6) is 0. The number of nitrogens with one attached hydrogen (secondary N) is 1. The molecule has 4 heteroatoms. The first kappa shape index (κ1) is 14.8. The van der Waals surface area contributed by atoms with Crippen LogP contribution in [0.25, 0.3) is 0 Å². The van der Waals surface area contributed by atoms with Crippen molar-refractivity contribution in [3.63, 3.8) is 0 Å². The van der Waals surface area contributed by atoms with Gasteiger partial charge in [-0.15, -0.1) is 0 Å². The van der Waals surface area contributed by atoms with Crippen molar-refractivity contribution in [2.24, 2.45) is 0 Å². The molecule has 0 aromatic carbocycles. The first-order valence-electron chi connectivity index (χ1n) is 5.93. The monoisotopic (exact) mass is 218 g/mol. The molecule has 0 fully saturated rings. The van der Waals surface area contributed by atoms with Gasteiger partial charge in [0.15, 0.2) is 0 Å². The van der Waals surface area contributed by atoms with Crippen LogP contribution in [0.1, 0.15) is 27.2 Å². The van der Waals surface area contributed by atoms with E-state index in [1.54, 1.807) is 0 Å². The Hall–Kier alpha value is -0.160. The number of rotatable bonds is 9. The summed E-state index contributed by atoms with van der Waals surface area (Å²) >= 11 is 0. The van der Waals surface area contributed by atoms with Crippen LogP contribution in [-0.4, -0.2) is 60.0 Å². The van der Waals surface area contributed by atoms with Crippen LogP contribution < -0.4 is 5.32 Å². The first-order valence-corrected chi connectivity index (χ1v) is 5.93. The van der Waals surface area contributed by atoms with Gasteiger partial charge in [0.1, 0.15) is 0 Å². The summed E-state index contributed by atoms with van der Waals surface area (Å²) in [5, 5.41) is 22.0. The Balaban J connectivity index is 3.51. The Morgan fingerprint density at radius 1 is 1.00 bits per heavy atom. The summed E-state index contributed by atoms with van der Waals surface area (Å²) < 4.78 is 0. The third-order valence-electron chi connectivity index (χ3n) is 2.59. The topological polar surface area (TPSA) is 55.7 Å². The zero-order chi connectivity index (χ0) is 11.7. The molecular weight excluding hydrogens is 192 g/mol. The zero-order valence-corrected chi connectivity index (χ0v) is 10.2. The minimum Gasteiger partial charge on any atom is -0.392 e. The fraction of sp³-hybridized carbons (Fsp3) is 1.00. The first-order chi connectivity index (χ1) is 7.13. The SMILES string of the molecule is CCC(O)CNCC(O)CN(CC)CC. The molecule has 0 aromatic rings. The molecule has 0 saturated carbocycles. The summed E-state index contributed by atoms with van der Waals surface area (Å²) in [6.07, 6.45) is 0.0960. The molecule has 0 aliphatic carbocycles. The molecule has 15 heavy (non-hydrogen) atoms. The molecule has 0 bridgehead atoms. The normalized spacial score (nSPS) is 15.6. The molecule has 0 radical (unpaired) electrons. The number of aliphatic hydroxyl groups is 2. The molecule has 3 N–H and O–H groups in total. The van der Waals surface area contributed by atoms with Gasteiger partial charge in [-0.1, -0.05) is 20.8 Å². The van der Waals surface area contributed by atoms with E-state index >= 15 is 0 Å². The third-order valence-corrected chi connectivity index (χ3v) is 2.59. The second-order valence-electron chi connectivity index (χ2n) is 3.86. The molecule has 0 heterocycles. The van der Waals surface area contributed by atoms with Gasteiger partial charge in [0.05, 0.1) is 12.2 Å². The Labute approximate surface area is 93.3 Å². The van der Waals surface area contributed by atoms with E-state index in [2.05, 4.69) is 24.1 Å². The predicted octanol–water partition coefficient (Wildman–Crippen LogP) is 0.0496. The summed E-state index contributed by atoms with van der Waals surface area (Å²) in [6.45, 7) is 9.85. The number of hydrogen-bond donors (Lipinski definition) is 3. The van der Waals surface area contributed by atoms with Crippen molar-refractivity contribution in [1.29, 1.82) is 0 Å². The molecule has 0 amide bonds. The van der Waals surface area contributed by atoms with Crippen LogP contribution in [0.15, 0.2) is 0 Å². The average molecular weight is 218 g/mol. The molecule has 0 aliphatic heterocycles. The van der Waals surface area contributed by atoms with E-state index in [1.165, 1.54) is 0 Å². The lowest BCUT2D eigenvalue weighted by atomic mass is 10.2. The summed E-state index contributed by atoms with van der Waals surface area (Å²) in [7, 11) is 0. The molecular formula is C11H26N2O2. The highest BCUT2D eigenvalue weighted by Gasteiger charge is 2.09. The van der Waals surface area contributed by atoms with E-state index in [9.17, 15) is 10.2 Å². The maximum absolute atomic E-state index is 9.68. The average Bonchev–Trinajstić information content (AvgIpc) is 2.25. The van der Waals surface area contributed by atoms with E-state index in [0.29, 0.717) is 19.6 Å². The Kier molecular flexibility index (Phi) is 9.00. The van der Waals surface area contributed by atoms with Crippen molar-refractivity contribution in [1.82, 2.24) is 10.2 Å². The van der Waals surface area contributed by atoms with Gasteiger partial charge in [-0.05, 0) is 19.5 Å². The van der Waals surface area contributed by atoms with E-state index in [-0.39, 0.29) is 12.2 Å². The van der Waals surface area contributed by atoms with Crippen LogP contribution >= 0.6 is 0 Å². The van der Waals surface area contributed by atoms with Gasteiger partial charge in [0.25, 0.3) is 0 Å². The number of aliphatic hydroxyl groups excluding tert-OH is 2. The fourth-order valence-electron chi connectivity index (χ4n) is 1.41. The van der Waals surface area contributed by atoms with E-state index in [4.69, 9.17) is 0 Å². The maximum atomic E-state index is 9.68. The molecule has 0 spiro atoms. The van der Waals surface area contributed by atoms with Crippen molar-refractivity contribution < 1.29 is 10.2 Å². The van der Waals surface area contributed by atoms with Crippen LogP contribution in [0, 0.1) is 0 Å². The Morgan fingerprint density at radius 3 is 2.00 bits per heavy atom. The molecule has 2 atom stereocenters. The van der Waals surface area contributed by atoms with Gasteiger partial charge in [-0.2, -0.15) is 0 Å². The maximum Gasteiger partial charge on any atom is 0.0791 e. The van der Waals surface area contributed by atoms with E-state index in [1.807, 2.05) is 6.92 Å². The van der Waals surface area contributed by atoms with Gasteiger partial charge in [0, 0.05) is 19.6 Å². The number of likely N-dealkylation sites (N-methyl/N-ethyl adjacent to an activating group) is 1. The summed E-state index contributed by atoms with van der Waals surface area (Å²) in [6, 6.07) is 0. The fourth-order valence-corrected chi connectivity index (χ4v) is 1.41. The van der Waals surface area contributed by atoms with Gasteiger partial charge in [0.2, 0.25) is 0 Å². The quantitative estimate of drug-likeness (QED) is 0.512.